The summed E-state index contributed by atoms with van der Waals surface area (Å²) in [5.74, 6) is 0.131. The number of hydrogen-bond donors (Lipinski definition) is 2. The summed E-state index contributed by atoms with van der Waals surface area (Å²) in [6, 6.07) is 0.169. The monoisotopic (exact) mass is 268 g/mol. The van der Waals surface area contributed by atoms with Gasteiger partial charge in [-0.3, -0.25) is 14.5 Å². The molecule has 0 unspecified atom stereocenters. The Bertz CT molecular complexity index is 358. The van der Waals surface area contributed by atoms with E-state index in [0.717, 1.165) is 25.9 Å². The molecule has 0 bridgehead atoms. The summed E-state index contributed by atoms with van der Waals surface area (Å²) < 4.78 is 0. The molecule has 2 rings (SSSR count). The molecule has 1 aliphatic heterocycles. The van der Waals surface area contributed by atoms with Gasteiger partial charge in [0, 0.05) is 32.2 Å². The van der Waals surface area contributed by atoms with E-state index in [-0.39, 0.29) is 17.9 Å². The normalized spacial score (nSPS) is 22.4. The molecule has 2 aliphatic rings. The van der Waals surface area contributed by atoms with Crippen molar-refractivity contribution in [3.8, 4) is 0 Å². The van der Waals surface area contributed by atoms with Gasteiger partial charge in [0.1, 0.15) is 0 Å². The first kappa shape index (κ1) is 14.3. The van der Waals surface area contributed by atoms with Crippen LogP contribution in [0.2, 0.25) is 0 Å². The fourth-order valence-corrected chi connectivity index (χ4v) is 2.34. The first-order valence-electron chi connectivity index (χ1n) is 7.01. The smallest absolute Gasteiger partial charge is 0.242 e. The molecule has 0 atom stereocenters. The number of carbonyl (C=O) groups is 2. The predicted molar refractivity (Wildman–Crippen MR) is 72.5 cm³/mol. The zero-order chi connectivity index (χ0) is 14.0. The fourth-order valence-electron chi connectivity index (χ4n) is 2.34. The molecular weight excluding hydrogens is 244 g/mol. The van der Waals surface area contributed by atoms with Crippen LogP contribution in [-0.4, -0.2) is 65.9 Å². The molecule has 6 nitrogen and oxygen atoms in total. The average molecular weight is 268 g/mol. The van der Waals surface area contributed by atoms with Crippen LogP contribution in [0.5, 0.6) is 0 Å². The van der Waals surface area contributed by atoms with Crippen LogP contribution in [0.3, 0.4) is 0 Å². The second-order valence-corrected chi connectivity index (χ2v) is 5.95. The minimum absolute atomic E-state index is 0.0484. The number of nitrogens with two attached hydrogens (primary N) is 1. The van der Waals surface area contributed by atoms with E-state index in [2.05, 4.69) is 10.2 Å². The van der Waals surface area contributed by atoms with Gasteiger partial charge in [0.25, 0.3) is 0 Å². The van der Waals surface area contributed by atoms with E-state index in [4.69, 9.17) is 5.73 Å². The van der Waals surface area contributed by atoms with Crippen molar-refractivity contribution in [2.24, 2.45) is 5.73 Å². The lowest BCUT2D eigenvalue weighted by Crippen LogP contribution is -2.55. The lowest BCUT2D eigenvalue weighted by Gasteiger charge is -2.35. The van der Waals surface area contributed by atoms with Gasteiger partial charge >= 0.3 is 0 Å². The van der Waals surface area contributed by atoms with E-state index >= 15 is 0 Å². The summed E-state index contributed by atoms with van der Waals surface area (Å²) in [4.78, 5) is 27.6. The minimum atomic E-state index is -0.572. The van der Waals surface area contributed by atoms with Crippen LogP contribution in [0.1, 0.15) is 26.7 Å². The Morgan fingerprint density at radius 1 is 1.21 bits per heavy atom. The third-order valence-electron chi connectivity index (χ3n) is 3.69. The van der Waals surface area contributed by atoms with Crippen molar-refractivity contribution in [2.45, 2.75) is 38.3 Å². The zero-order valence-corrected chi connectivity index (χ0v) is 11.8. The summed E-state index contributed by atoms with van der Waals surface area (Å²) in [6.45, 7) is 7.14. The Morgan fingerprint density at radius 3 is 2.26 bits per heavy atom. The van der Waals surface area contributed by atoms with Gasteiger partial charge in [-0.25, -0.2) is 0 Å². The Labute approximate surface area is 114 Å². The van der Waals surface area contributed by atoms with Gasteiger partial charge in [0.15, 0.2) is 0 Å². The van der Waals surface area contributed by atoms with Crippen molar-refractivity contribution in [3.05, 3.63) is 0 Å². The van der Waals surface area contributed by atoms with Gasteiger partial charge in [0.05, 0.1) is 12.1 Å². The number of piperazine rings is 1. The molecule has 0 aromatic heterocycles. The van der Waals surface area contributed by atoms with Gasteiger partial charge in [-0.05, 0) is 26.7 Å². The highest BCUT2D eigenvalue weighted by Gasteiger charge is 2.48. The number of nitrogens with zero attached hydrogens (tertiary/aromatic N) is 2. The molecule has 1 saturated carbocycles. The molecular formula is C13H24N4O2. The van der Waals surface area contributed by atoms with Crippen LogP contribution >= 0.6 is 0 Å². The first-order valence-corrected chi connectivity index (χ1v) is 7.01. The van der Waals surface area contributed by atoms with Crippen molar-refractivity contribution >= 4 is 11.8 Å². The van der Waals surface area contributed by atoms with Crippen LogP contribution < -0.4 is 11.1 Å². The predicted octanol–water partition coefficient (Wildman–Crippen LogP) is -0.853. The van der Waals surface area contributed by atoms with Crippen molar-refractivity contribution in [1.82, 2.24) is 15.1 Å². The molecule has 0 spiro atoms. The topological polar surface area (TPSA) is 78.7 Å². The van der Waals surface area contributed by atoms with Crippen LogP contribution in [0.25, 0.3) is 0 Å². The second-order valence-electron chi connectivity index (χ2n) is 5.95. The Kier molecular flexibility index (Phi) is 4.10. The number of hydrogen-bond acceptors (Lipinski definition) is 4. The molecule has 0 radical (unpaired) electrons. The van der Waals surface area contributed by atoms with Crippen LogP contribution in [0, 0.1) is 0 Å². The molecule has 3 N–H and O–H groups in total. The van der Waals surface area contributed by atoms with E-state index in [1.807, 2.05) is 18.7 Å². The summed E-state index contributed by atoms with van der Waals surface area (Å²) in [6.07, 6.45) is 1.62. The lowest BCUT2D eigenvalue weighted by atomic mass is 10.2. The van der Waals surface area contributed by atoms with Crippen molar-refractivity contribution in [2.75, 3.05) is 32.7 Å². The van der Waals surface area contributed by atoms with E-state index in [1.54, 1.807) is 0 Å². The lowest BCUT2D eigenvalue weighted by molar-refractivity contribution is -0.135. The summed E-state index contributed by atoms with van der Waals surface area (Å²) in [5, 5.41) is 2.88. The summed E-state index contributed by atoms with van der Waals surface area (Å²) in [7, 11) is 0. The molecule has 2 amide bonds. The molecule has 19 heavy (non-hydrogen) atoms. The van der Waals surface area contributed by atoms with Crippen molar-refractivity contribution in [1.29, 1.82) is 0 Å². The highest BCUT2D eigenvalue weighted by atomic mass is 16.2. The van der Waals surface area contributed by atoms with Crippen molar-refractivity contribution < 1.29 is 9.59 Å². The van der Waals surface area contributed by atoms with E-state index in [9.17, 15) is 9.59 Å². The van der Waals surface area contributed by atoms with Crippen LogP contribution in [0.4, 0.5) is 0 Å². The van der Waals surface area contributed by atoms with Crippen molar-refractivity contribution in [3.63, 3.8) is 0 Å². The molecule has 0 aromatic rings. The number of nitrogens with one attached hydrogen (secondary N) is 1. The number of amides is 2. The first-order chi connectivity index (χ1) is 8.90. The van der Waals surface area contributed by atoms with E-state index < -0.39 is 5.54 Å². The summed E-state index contributed by atoms with van der Waals surface area (Å²) in [5.41, 5.74) is 5.35. The maximum absolute atomic E-state index is 12.1. The number of carbonyl (C=O) groups excluding carboxylic acids is 2. The Hall–Kier alpha value is -1.14. The molecule has 2 fully saturated rings. The third kappa shape index (κ3) is 3.67. The van der Waals surface area contributed by atoms with Gasteiger partial charge in [-0.15, -0.1) is 0 Å². The van der Waals surface area contributed by atoms with Crippen LogP contribution in [-0.2, 0) is 9.59 Å². The summed E-state index contributed by atoms with van der Waals surface area (Å²) >= 11 is 0. The Balaban J connectivity index is 1.73. The van der Waals surface area contributed by atoms with Gasteiger partial charge in [-0.2, -0.15) is 0 Å². The third-order valence-corrected chi connectivity index (χ3v) is 3.69. The largest absolute Gasteiger partial charge is 0.353 e. The highest BCUT2D eigenvalue weighted by molar-refractivity contribution is 5.89. The number of rotatable bonds is 4. The van der Waals surface area contributed by atoms with Gasteiger partial charge in [-0.1, -0.05) is 0 Å². The average Bonchev–Trinajstić information content (AvgIpc) is 3.07. The van der Waals surface area contributed by atoms with Gasteiger partial charge in [0.2, 0.25) is 11.8 Å². The second kappa shape index (κ2) is 5.46. The molecule has 6 heteroatoms. The maximum Gasteiger partial charge on any atom is 0.242 e. The van der Waals surface area contributed by atoms with E-state index in [1.165, 1.54) is 0 Å². The maximum atomic E-state index is 12.1. The zero-order valence-electron chi connectivity index (χ0n) is 11.8. The standard InChI is InChI=1S/C13H24N4O2/c1-10(2)15-11(18)9-16-5-7-17(8-6-16)12(19)13(14)3-4-13/h10H,3-9,14H2,1-2H3,(H,15,18). The molecule has 108 valence electrons. The SMILES string of the molecule is CC(C)NC(=O)CN1CCN(C(=O)C2(N)CC2)CC1. The highest BCUT2D eigenvalue weighted by Crippen LogP contribution is 2.34. The molecule has 1 heterocycles. The quantitative estimate of drug-likeness (QED) is 0.696. The van der Waals surface area contributed by atoms with Crippen LogP contribution in [0.15, 0.2) is 0 Å². The molecule has 0 aromatic carbocycles. The van der Waals surface area contributed by atoms with Gasteiger partial charge < -0.3 is 16.0 Å². The minimum Gasteiger partial charge on any atom is -0.353 e. The van der Waals surface area contributed by atoms with E-state index in [0.29, 0.717) is 19.6 Å². The molecule has 1 aliphatic carbocycles. The molecule has 1 saturated heterocycles. The Morgan fingerprint density at radius 2 is 1.79 bits per heavy atom. The fraction of sp³-hybridized carbons (Fsp3) is 0.846.